The predicted molar refractivity (Wildman–Crippen MR) is 102 cm³/mol. The van der Waals surface area contributed by atoms with Crippen molar-refractivity contribution in [3.63, 3.8) is 0 Å². The molecule has 1 aromatic heterocycles. The van der Waals surface area contributed by atoms with Crippen molar-refractivity contribution in [2.75, 3.05) is 5.75 Å². The fourth-order valence-electron chi connectivity index (χ4n) is 2.95. The number of rotatable bonds is 5. The first kappa shape index (κ1) is 18.1. The zero-order valence-corrected chi connectivity index (χ0v) is 15.9. The number of β-lactam (4-membered cyclic amide) rings is 1. The molecule has 4 rings (SSSR count). The lowest BCUT2D eigenvalue weighted by Gasteiger charge is -2.49. The topological polar surface area (TPSA) is 149 Å². The van der Waals surface area contributed by atoms with E-state index in [0.717, 1.165) is 11.8 Å². The SMILES string of the molecule is N=C1SC=NC1CC(=O)NC1C(=O)N2C(C(=O)O)=C(c3nncs3)CS[C@H]12. The quantitative estimate of drug-likeness (QED) is 0.569. The molecule has 2 unspecified atom stereocenters. The molecule has 1 saturated heterocycles. The van der Waals surface area contributed by atoms with Gasteiger partial charge in [-0.2, -0.15) is 0 Å². The number of aliphatic imine (C=N–C) groups is 1. The molecule has 3 atom stereocenters. The maximum Gasteiger partial charge on any atom is 0.353 e. The van der Waals surface area contributed by atoms with Crippen molar-refractivity contribution in [2.24, 2.45) is 4.99 Å². The van der Waals surface area contributed by atoms with Crippen molar-refractivity contribution < 1.29 is 19.5 Å². The molecule has 3 aliphatic rings. The summed E-state index contributed by atoms with van der Waals surface area (Å²) >= 11 is 3.74. The van der Waals surface area contributed by atoms with Crippen LogP contribution in [-0.4, -0.2) is 71.8 Å². The number of nitrogens with one attached hydrogen (secondary N) is 2. The number of carbonyl (C=O) groups excluding carboxylic acids is 2. The first-order valence-corrected chi connectivity index (χ1v) is 10.5. The smallest absolute Gasteiger partial charge is 0.353 e. The zero-order chi connectivity index (χ0) is 19.1. The minimum atomic E-state index is -1.21. The van der Waals surface area contributed by atoms with E-state index in [0.29, 0.717) is 16.3 Å². The fourth-order valence-corrected chi connectivity index (χ4v) is 5.61. The Balaban J connectivity index is 1.49. The molecule has 0 saturated carbocycles. The minimum Gasteiger partial charge on any atom is -0.477 e. The summed E-state index contributed by atoms with van der Waals surface area (Å²) < 4.78 is 0. The molecule has 1 aromatic rings. The van der Waals surface area contributed by atoms with Crippen LogP contribution in [0.25, 0.3) is 5.57 Å². The molecule has 13 heteroatoms. The highest BCUT2D eigenvalue weighted by Crippen LogP contribution is 2.43. The van der Waals surface area contributed by atoms with Crippen molar-refractivity contribution in [3.05, 3.63) is 16.2 Å². The van der Waals surface area contributed by atoms with Crippen molar-refractivity contribution in [2.45, 2.75) is 23.9 Å². The Kier molecular flexibility index (Phi) is 4.74. The molecule has 0 radical (unpaired) electrons. The Bertz CT molecular complexity index is 899. The third-order valence-electron chi connectivity index (χ3n) is 4.21. The number of aromatic nitrogens is 2. The number of hydrogen-bond acceptors (Lipinski definition) is 10. The largest absolute Gasteiger partial charge is 0.477 e. The third kappa shape index (κ3) is 3.15. The number of thioether (sulfide) groups is 2. The van der Waals surface area contributed by atoms with Crippen LogP contribution in [0.15, 0.2) is 16.2 Å². The summed E-state index contributed by atoms with van der Waals surface area (Å²) in [6.07, 6.45) is -0.0127. The van der Waals surface area contributed by atoms with Crippen LogP contribution in [0, 0.1) is 5.41 Å². The Hall–Kier alpha value is -2.25. The number of carboxylic acids is 1. The standard InChI is InChI=1S/C14H12N6O4S3/c15-10-6(16-3-26-10)1-7(21)18-8-12(22)20-9(14(23)24)5(2-25-13(8)20)11-19-17-4-27-11/h3-4,6,8,13,15H,1-2H2,(H,18,21)(H,23,24)/t6?,8?,13-/m1/s1. The van der Waals surface area contributed by atoms with E-state index in [1.165, 1.54) is 39.1 Å². The molecule has 0 aliphatic carbocycles. The lowest BCUT2D eigenvalue weighted by atomic mass is 10.0. The molecule has 0 spiro atoms. The zero-order valence-electron chi connectivity index (χ0n) is 13.5. The van der Waals surface area contributed by atoms with Gasteiger partial charge in [-0.15, -0.1) is 33.3 Å². The molecular formula is C14H12N6O4S3. The second-order valence-electron chi connectivity index (χ2n) is 5.79. The minimum absolute atomic E-state index is 0.0127. The average Bonchev–Trinajstić information content (AvgIpc) is 3.30. The number of carboxylic acid groups (broad SMARTS) is 1. The van der Waals surface area contributed by atoms with Gasteiger partial charge in [-0.05, 0) is 0 Å². The molecule has 3 aliphatic heterocycles. The maximum atomic E-state index is 12.6. The van der Waals surface area contributed by atoms with Gasteiger partial charge in [-0.3, -0.25) is 24.9 Å². The third-order valence-corrected chi connectivity index (χ3v) is 6.99. The number of carbonyl (C=O) groups is 3. The van der Waals surface area contributed by atoms with Gasteiger partial charge in [0.15, 0.2) is 0 Å². The monoisotopic (exact) mass is 424 g/mol. The summed E-state index contributed by atoms with van der Waals surface area (Å²) in [5.41, 5.74) is 3.37. The van der Waals surface area contributed by atoms with Crippen molar-refractivity contribution >= 4 is 68.8 Å². The predicted octanol–water partition coefficient (Wildman–Crippen LogP) is 0.245. The van der Waals surface area contributed by atoms with Crippen LogP contribution in [0.5, 0.6) is 0 Å². The summed E-state index contributed by atoms with van der Waals surface area (Å²) in [4.78, 5) is 41.8. The number of aliphatic carboxylic acids is 1. The van der Waals surface area contributed by atoms with Gasteiger partial charge in [0.2, 0.25) is 5.91 Å². The van der Waals surface area contributed by atoms with Gasteiger partial charge in [0.1, 0.15) is 33.7 Å². The number of nitrogens with zero attached hydrogens (tertiary/aromatic N) is 4. The number of fused-ring (bicyclic) bond motifs is 1. The van der Waals surface area contributed by atoms with Crippen LogP contribution >= 0.6 is 34.9 Å². The molecule has 0 aromatic carbocycles. The van der Waals surface area contributed by atoms with E-state index in [4.69, 9.17) is 5.41 Å². The summed E-state index contributed by atoms with van der Waals surface area (Å²) in [6.45, 7) is 0. The second-order valence-corrected chi connectivity index (χ2v) is 8.61. The van der Waals surface area contributed by atoms with Gasteiger partial charge in [0, 0.05) is 11.3 Å². The van der Waals surface area contributed by atoms with Gasteiger partial charge in [0.05, 0.1) is 17.0 Å². The van der Waals surface area contributed by atoms with E-state index in [1.54, 1.807) is 0 Å². The summed E-state index contributed by atoms with van der Waals surface area (Å²) in [7, 11) is 0. The highest BCUT2D eigenvalue weighted by molar-refractivity contribution is 8.25. The van der Waals surface area contributed by atoms with Crippen LogP contribution in [0.1, 0.15) is 11.4 Å². The molecule has 2 amide bonds. The van der Waals surface area contributed by atoms with Crippen LogP contribution in [0.4, 0.5) is 0 Å². The van der Waals surface area contributed by atoms with Crippen molar-refractivity contribution in [1.82, 2.24) is 20.4 Å². The molecule has 27 heavy (non-hydrogen) atoms. The summed E-state index contributed by atoms with van der Waals surface area (Å²) in [5.74, 6) is -1.72. The van der Waals surface area contributed by atoms with Crippen LogP contribution in [0.2, 0.25) is 0 Å². The highest BCUT2D eigenvalue weighted by Gasteiger charge is 2.54. The molecule has 1 fully saturated rings. The highest BCUT2D eigenvalue weighted by atomic mass is 32.2. The summed E-state index contributed by atoms with van der Waals surface area (Å²) in [5, 5.41) is 27.8. The van der Waals surface area contributed by atoms with E-state index < -0.39 is 35.2 Å². The molecule has 10 nitrogen and oxygen atoms in total. The average molecular weight is 424 g/mol. The fraction of sp³-hybridized carbons (Fsp3) is 0.357. The van der Waals surface area contributed by atoms with Gasteiger partial charge < -0.3 is 10.4 Å². The van der Waals surface area contributed by atoms with E-state index in [-0.39, 0.29) is 17.2 Å². The maximum absolute atomic E-state index is 12.6. The number of hydrogen-bond donors (Lipinski definition) is 3. The summed E-state index contributed by atoms with van der Waals surface area (Å²) in [6, 6.07) is -1.31. The first-order chi connectivity index (χ1) is 13.0. The Morgan fingerprint density at radius 2 is 2.26 bits per heavy atom. The van der Waals surface area contributed by atoms with Crippen LogP contribution < -0.4 is 5.32 Å². The Labute approximate surface area is 165 Å². The van der Waals surface area contributed by atoms with Crippen LogP contribution in [0.3, 0.4) is 0 Å². The molecule has 3 N–H and O–H groups in total. The van der Waals surface area contributed by atoms with Crippen molar-refractivity contribution in [3.8, 4) is 0 Å². The van der Waals surface area contributed by atoms with E-state index in [1.807, 2.05) is 0 Å². The van der Waals surface area contributed by atoms with Gasteiger partial charge in [-0.25, -0.2) is 4.79 Å². The van der Waals surface area contributed by atoms with Gasteiger partial charge in [0.25, 0.3) is 5.91 Å². The first-order valence-electron chi connectivity index (χ1n) is 7.71. The lowest BCUT2D eigenvalue weighted by Crippen LogP contribution is -2.70. The molecule has 4 heterocycles. The Morgan fingerprint density at radius 1 is 1.44 bits per heavy atom. The van der Waals surface area contributed by atoms with Crippen molar-refractivity contribution in [1.29, 1.82) is 5.41 Å². The second kappa shape index (κ2) is 7.05. The van der Waals surface area contributed by atoms with Gasteiger partial charge in [-0.1, -0.05) is 11.8 Å². The molecule has 0 bridgehead atoms. The van der Waals surface area contributed by atoms with Crippen LogP contribution in [-0.2, 0) is 14.4 Å². The molecular weight excluding hydrogens is 412 g/mol. The normalized spacial score (nSPS) is 26.8. The number of amides is 2. The van der Waals surface area contributed by atoms with E-state index in [2.05, 4.69) is 20.5 Å². The van der Waals surface area contributed by atoms with E-state index in [9.17, 15) is 19.5 Å². The lowest BCUT2D eigenvalue weighted by molar-refractivity contribution is -0.150. The van der Waals surface area contributed by atoms with Gasteiger partial charge >= 0.3 is 5.97 Å². The van der Waals surface area contributed by atoms with E-state index >= 15 is 0 Å². The Morgan fingerprint density at radius 3 is 2.89 bits per heavy atom. The molecule has 140 valence electrons.